The Kier molecular flexibility index (Phi) is 7.93. The Morgan fingerprint density at radius 3 is 2.35 bits per heavy atom. The Balaban J connectivity index is 1.12. The van der Waals surface area contributed by atoms with Gasteiger partial charge in [0.05, 0.1) is 12.9 Å². The molecule has 4 atom stereocenters. The first-order valence-corrected chi connectivity index (χ1v) is 14.8. The van der Waals surface area contributed by atoms with E-state index in [1.54, 1.807) is 53.1 Å². The average molecular weight is 615 g/mol. The maximum Gasteiger partial charge on any atom is 0.251 e. The number of aliphatic hydroxyl groups is 2. The number of carbonyl (C=O) groups is 2. The van der Waals surface area contributed by atoms with E-state index in [1.807, 2.05) is 24.3 Å². The third-order valence-corrected chi connectivity index (χ3v) is 8.25. The predicted molar refractivity (Wildman–Crippen MR) is 171 cm³/mol. The molecule has 2 aromatic heterocycles. The van der Waals surface area contributed by atoms with E-state index < -0.39 is 37.0 Å². The van der Waals surface area contributed by atoms with Gasteiger partial charge in [0.25, 0.3) is 5.91 Å². The average Bonchev–Trinajstić information content (AvgIpc) is 3.68. The SMILES string of the molecule is O=C(N[C@@H]1[C@H](O)[C@@H](CO)O[C@H]1n1cnc2c(NCc3cccc4ccccc34)ncnc21)c1ccc(C(=O)c2ccccc2)cc1. The lowest BCUT2D eigenvalue weighted by Gasteiger charge is -2.23. The Hall–Kier alpha value is -5.49. The van der Waals surface area contributed by atoms with Gasteiger partial charge in [0.1, 0.15) is 24.6 Å². The van der Waals surface area contributed by atoms with Crippen LogP contribution in [0.5, 0.6) is 0 Å². The van der Waals surface area contributed by atoms with E-state index in [2.05, 4.69) is 49.9 Å². The third-order valence-electron chi connectivity index (χ3n) is 8.25. The number of carbonyl (C=O) groups excluding carboxylic acids is 2. The summed E-state index contributed by atoms with van der Waals surface area (Å²) in [7, 11) is 0. The van der Waals surface area contributed by atoms with E-state index in [0.717, 1.165) is 16.3 Å². The normalized spacial score (nSPS) is 19.3. The molecule has 46 heavy (non-hydrogen) atoms. The van der Waals surface area contributed by atoms with Crippen LogP contribution in [0, 0.1) is 0 Å². The number of aromatic nitrogens is 4. The van der Waals surface area contributed by atoms with Gasteiger partial charge in [-0.15, -0.1) is 0 Å². The topological polar surface area (TPSA) is 151 Å². The van der Waals surface area contributed by atoms with Crippen LogP contribution in [0.25, 0.3) is 21.9 Å². The second kappa shape index (κ2) is 12.5. The number of hydrogen-bond donors (Lipinski definition) is 4. The minimum absolute atomic E-state index is 0.155. The quantitative estimate of drug-likeness (QED) is 0.178. The molecule has 0 aliphatic carbocycles. The second-order valence-electron chi connectivity index (χ2n) is 11.0. The van der Waals surface area contributed by atoms with Gasteiger partial charge in [0.15, 0.2) is 29.0 Å². The van der Waals surface area contributed by atoms with E-state index in [4.69, 9.17) is 4.74 Å². The lowest BCUT2D eigenvalue weighted by Crippen LogP contribution is -2.46. The molecular weight excluding hydrogens is 584 g/mol. The summed E-state index contributed by atoms with van der Waals surface area (Å²) in [5.41, 5.74) is 3.29. The van der Waals surface area contributed by atoms with Crippen LogP contribution >= 0.6 is 0 Å². The number of nitrogens with one attached hydrogen (secondary N) is 2. The molecule has 0 radical (unpaired) electrons. The van der Waals surface area contributed by atoms with Crippen LogP contribution in [0.1, 0.15) is 38.1 Å². The van der Waals surface area contributed by atoms with Crippen molar-refractivity contribution in [3.63, 3.8) is 0 Å². The van der Waals surface area contributed by atoms with Crippen molar-refractivity contribution in [1.82, 2.24) is 24.8 Å². The smallest absolute Gasteiger partial charge is 0.251 e. The van der Waals surface area contributed by atoms with E-state index in [9.17, 15) is 19.8 Å². The van der Waals surface area contributed by atoms with Crippen molar-refractivity contribution in [1.29, 1.82) is 0 Å². The molecule has 230 valence electrons. The van der Waals surface area contributed by atoms with Crippen LogP contribution < -0.4 is 10.6 Å². The van der Waals surface area contributed by atoms with Crippen LogP contribution in [0.3, 0.4) is 0 Å². The maximum absolute atomic E-state index is 13.4. The number of aliphatic hydroxyl groups excluding tert-OH is 2. The fourth-order valence-electron chi connectivity index (χ4n) is 5.85. The Morgan fingerprint density at radius 1 is 0.826 bits per heavy atom. The van der Waals surface area contributed by atoms with Crippen LogP contribution in [0.2, 0.25) is 0 Å². The molecule has 6 aromatic rings. The van der Waals surface area contributed by atoms with Gasteiger partial charge in [-0.25, -0.2) is 15.0 Å². The highest BCUT2D eigenvalue weighted by atomic mass is 16.5. The van der Waals surface area contributed by atoms with Crippen molar-refractivity contribution in [2.45, 2.75) is 31.0 Å². The lowest BCUT2D eigenvalue weighted by atomic mass is 10.0. The zero-order valence-corrected chi connectivity index (χ0v) is 24.5. The van der Waals surface area contributed by atoms with Crippen LogP contribution in [0.4, 0.5) is 5.82 Å². The Labute approximate surface area is 263 Å². The van der Waals surface area contributed by atoms with E-state index in [0.29, 0.717) is 40.2 Å². The van der Waals surface area contributed by atoms with Crippen molar-refractivity contribution in [2.24, 2.45) is 0 Å². The van der Waals surface area contributed by atoms with Crippen LogP contribution in [-0.4, -0.2) is 66.3 Å². The fraction of sp³-hybridized carbons (Fsp3) is 0.171. The number of rotatable bonds is 9. The predicted octanol–water partition coefficient (Wildman–Crippen LogP) is 3.87. The Morgan fingerprint density at radius 2 is 1.54 bits per heavy atom. The van der Waals surface area contributed by atoms with Crippen molar-refractivity contribution in [3.05, 3.63) is 132 Å². The second-order valence-corrected chi connectivity index (χ2v) is 11.0. The first kappa shape index (κ1) is 29.2. The minimum atomic E-state index is -1.22. The van der Waals surface area contributed by atoms with Gasteiger partial charge < -0.3 is 25.6 Å². The molecule has 11 heteroatoms. The van der Waals surface area contributed by atoms with Gasteiger partial charge >= 0.3 is 0 Å². The highest BCUT2D eigenvalue weighted by molar-refractivity contribution is 6.09. The molecule has 1 aliphatic rings. The van der Waals surface area contributed by atoms with Crippen LogP contribution in [0.15, 0.2) is 110 Å². The number of fused-ring (bicyclic) bond motifs is 2. The molecule has 0 saturated carbocycles. The summed E-state index contributed by atoms with van der Waals surface area (Å²) in [5.74, 6) is -0.121. The molecule has 0 bridgehead atoms. The maximum atomic E-state index is 13.4. The molecule has 3 heterocycles. The summed E-state index contributed by atoms with van der Waals surface area (Å²) in [6.07, 6.45) is -0.179. The number of amides is 1. The first-order valence-electron chi connectivity index (χ1n) is 14.8. The van der Waals surface area contributed by atoms with Gasteiger partial charge in [-0.05, 0) is 28.5 Å². The van der Waals surface area contributed by atoms with Gasteiger partial charge in [0.2, 0.25) is 0 Å². The number of anilines is 1. The summed E-state index contributed by atoms with van der Waals surface area (Å²) in [6.45, 7) is 0.0414. The molecule has 1 amide bonds. The zero-order chi connectivity index (χ0) is 31.6. The highest BCUT2D eigenvalue weighted by Gasteiger charge is 2.46. The van der Waals surface area contributed by atoms with E-state index >= 15 is 0 Å². The molecule has 1 fully saturated rings. The lowest BCUT2D eigenvalue weighted by molar-refractivity contribution is -0.0440. The summed E-state index contributed by atoms with van der Waals surface area (Å²) < 4.78 is 7.64. The Bertz CT molecular complexity index is 2030. The van der Waals surface area contributed by atoms with E-state index in [1.165, 1.54) is 12.7 Å². The van der Waals surface area contributed by atoms with Crippen LogP contribution in [-0.2, 0) is 11.3 Å². The van der Waals surface area contributed by atoms with E-state index in [-0.39, 0.29) is 5.78 Å². The standard InChI is InChI=1S/C35H30N6O5/c42-18-27-31(44)28(40-34(45)24-15-13-23(14-16-24)30(43)22-8-2-1-3-9-22)35(46-27)41-20-39-29-32(37-19-38-33(29)41)36-17-25-11-6-10-21-7-4-5-12-26(21)25/h1-16,19-20,27-28,31,35,42,44H,17-18H2,(H,40,45)(H,36,37,38)/t27-,28-,31-,35-/m1/s1. The fourth-order valence-corrected chi connectivity index (χ4v) is 5.85. The zero-order valence-electron chi connectivity index (χ0n) is 24.5. The number of ether oxygens (including phenoxy) is 1. The highest BCUT2D eigenvalue weighted by Crippen LogP contribution is 2.33. The number of imidazole rings is 1. The number of hydrogen-bond acceptors (Lipinski definition) is 9. The molecule has 4 aromatic carbocycles. The molecule has 7 rings (SSSR count). The number of nitrogens with zero attached hydrogens (tertiary/aromatic N) is 4. The third kappa shape index (κ3) is 5.47. The molecular formula is C35H30N6O5. The van der Waals surface area contributed by atoms with Gasteiger partial charge in [0, 0.05) is 23.2 Å². The summed E-state index contributed by atoms with van der Waals surface area (Å²) in [6, 6.07) is 28.5. The van der Waals surface area contributed by atoms with Gasteiger partial charge in [-0.2, -0.15) is 0 Å². The monoisotopic (exact) mass is 614 g/mol. The summed E-state index contributed by atoms with van der Waals surface area (Å²) in [5, 5.41) is 29.5. The van der Waals surface area contributed by atoms with Crippen molar-refractivity contribution in [2.75, 3.05) is 11.9 Å². The molecule has 1 saturated heterocycles. The summed E-state index contributed by atoms with van der Waals surface area (Å²) >= 11 is 0. The van der Waals surface area contributed by atoms with Gasteiger partial charge in [-0.3, -0.25) is 14.2 Å². The minimum Gasteiger partial charge on any atom is -0.394 e. The molecule has 0 spiro atoms. The molecule has 0 unspecified atom stereocenters. The largest absolute Gasteiger partial charge is 0.394 e. The molecule has 1 aliphatic heterocycles. The van der Waals surface area contributed by atoms with Crippen molar-refractivity contribution in [3.8, 4) is 0 Å². The number of ketones is 1. The van der Waals surface area contributed by atoms with Gasteiger partial charge in [-0.1, -0.05) is 84.9 Å². The molecule has 4 N–H and O–H groups in total. The molecule has 11 nitrogen and oxygen atoms in total. The first-order chi connectivity index (χ1) is 22.5. The summed E-state index contributed by atoms with van der Waals surface area (Å²) in [4.78, 5) is 39.5. The number of benzene rings is 4. The van der Waals surface area contributed by atoms with Crippen molar-refractivity contribution < 1.29 is 24.5 Å². The van der Waals surface area contributed by atoms with Crippen molar-refractivity contribution >= 4 is 39.4 Å².